The van der Waals surface area contributed by atoms with Gasteiger partial charge >= 0.3 is 0 Å². The second-order valence-electron chi connectivity index (χ2n) is 3.41. The summed E-state index contributed by atoms with van der Waals surface area (Å²) in [6.45, 7) is 10.7. The number of likely N-dealkylation sites (N-methyl/N-ethyl adjacent to an activating group) is 1. The van der Waals surface area contributed by atoms with Gasteiger partial charge in [-0.15, -0.1) is 0 Å². The van der Waals surface area contributed by atoms with E-state index in [-0.39, 0.29) is 5.50 Å². The normalized spacial score (nSPS) is 25.5. The van der Waals surface area contributed by atoms with Crippen LogP contribution < -0.4 is 0 Å². The Labute approximate surface area is 80.0 Å². The number of quaternary nitrogens is 1. The van der Waals surface area contributed by atoms with Crippen LogP contribution >= 0.6 is 11.6 Å². The fourth-order valence-electron chi connectivity index (χ4n) is 1.76. The first-order valence-corrected chi connectivity index (χ1v) is 5.25. The smallest absolute Gasteiger partial charge is 0.193 e. The van der Waals surface area contributed by atoms with Crippen molar-refractivity contribution in [2.45, 2.75) is 32.4 Å². The molecule has 0 aromatic carbocycles. The Bertz CT molecular complexity index is 135. The van der Waals surface area contributed by atoms with Gasteiger partial charge in [0.1, 0.15) is 6.10 Å². The third-order valence-electron chi connectivity index (χ3n) is 3.08. The van der Waals surface area contributed by atoms with Crippen LogP contribution in [-0.4, -0.2) is 42.3 Å². The van der Waals surface area contributed by atoms with Crippen molar-refractivity contribution in [3.8, 4) is 0 Å². The summed E-state index contributed by atoms with van der Waals surface area (Å²) in [4.78, 5) is 0. The molecule has 1 rings (SSSR count). The third-order valence-corrected chi connectivity index (χ3v) is 3.77. The molecule has 0 aromatic rings. The second-order valence-corrected chi connectivity index (χ2v) is 3.86. The minimum atomic E-state index is 0.157. The van der Waals surface area contributed by atoms with Crippen molar-refractivity contribution in [1.82, 2.24) is 0 Å². The Morgan fingerprint density at radius 1 is 1.33 bits per heavy atom. The zero-order valence-corrected chi connectivity index (χ0v) is 8.97. The van der Waals surface area contributed by atoms with Crippen LogP contribution in [0.5, 0.6) is 0 Å². The summed E-state index contributed by atoms with van der Waals surface area (Å²) in [5.74, 6) is 0. The van der Waals surface area contributed by atoms with Gasteiger partial charge in [0.05, 0.1) is 26.2 Å². The summed E-state index contributed by atoms with van der Waals surface area (Å²) in [5, 5.41) is 0. The van der Waals surface area contributed by atoms with Gasteiger partial charge in [0, 0.05) is 0 Å². The van der Waals surface area contributed by atoms with Gasteiger partial charge in [0.25, 0.3) is 0 Å². The number of alkyl halides is 1. The molecule has 1 aliphatic rings. The van der Waals surface area contributed by atoms with E-state index in [1.807, 2.05) is 0 Å². The van der Waals surface area contributed by atoms with Crippen LogP contribution in [0.15, 0.2) is 0 Å². The summed E-state index contributed by atoms with van der Waals surface area (Å²) in [6, 6.07) is 0. The molecule has 2 nitrogen and oxygen atoms in total. The molecule has 2 unspecified atom stereocenters. The summed E-state index contributed by atoms with van der Waals surface area (Å²) >= 11 is 6.35. The number of epoxide rings is 1. The molecule has 1 saturated heterocycles. The number of hydrogen-bond donors (Lipinski definition) is 0. The molecule has 0 aromatic heterocycles. The summed E-state index contributed by atoms with van der Waals surface area (Å²) in [7, 11) is 0. The van der Waals surface area contributed by atoms with Crippen molar-refractivity contribution in [2.75, 3.05) is 26.2 Å². The van der Waals surface area contributed by atoms with Crippen molar-refractivity contribution in [2.24, 2.45) is 0 Å². The molecule has 0 N–H and O–H groups in total. The Hall–Kier alpha value is 0.210. The maximum atomic E-state index is 6.35. The molecular formula is C9H19ClNO+. The van der Waals surface area contributed by atoms with Gasteiger partial charge in [0.2, 0.25) is 0 Å². The maximum absolute atomic E-state index is 6.35. The molecule has 0 spiro atoms. The van der Waals surface area contributed by atoms with Crippen molar-refractivity contribution in [3.63, 3.8) is 0 Å². The standard InChI is InChI=1S/C9H19ClNO/c1-4-11(5-2,6-3)9(10)8-7-12-8/h8-9H,4-7H2,1-3H3/q+1. The highest BCUT2D eigenvalue weighted by Crippen LogP contribution is 2.28. The van der Waals surface area contributed by atoms with E-state index in [0.717, 1.165) is 30.7 Å². The minimum absolute atomic E-state index is 0.157. The molecular weight excluding hydrogens is 174 g/mol. The Kier molecular flexibility index (Phi) is 3.38. The molecule has 0 bridgehead atoms. The quantitative estimate of drug-likeness (QED) is 0.280. The van der Waals surface area contributed by atoms with Gasteiger partial charge in [-0.1, -0.05) is 11.6 Å². The summed E-state index contributed by atoms with van der Waals surface area (Å²) < 4.78 is 6.21. The molecule has 0 amide bonds. The average molecular weight is 193 g/mol. The molecule has 0 radical (unpaired) electrons. The van der Waals surface area contributed by atoms with Crippen LogP contribution in [0.3, 0.4) is 0 Å². The van der Waals surface area contributed by atoms with Gasteiger partial charge < -0.3 is 9.22 Å². The zero-order valence-electron chi connectivity index (χ0n) is 8.22. The van der Waals surface area contributed by atoms with Crippen molar-refractivity contribution < 1.29 is 9.22 Å². The van der Waals surface area contributed by atoms with Crippen LogP contribution in [0.1, 0.15) is 20.8 Å². The number of hydrogen-bond acceptors (Lipinski definition) is 1. The number of halogens is 1. The Morgan fingerprint density at radius 2 is 1.75 bits per heavy atom. The fraction of sp³-hybridized carbons (Fsp3) is 1.00. The first-order chi connectivity index (χ1) is 5.70. The first kappa shape index (κ1) is 10.3. The van der Waals surface area contributed by atoms with Gasteiger partial charge in [-0.3, -0.25) is 0 Å². The van der Waals surface area contributed by atoms with Gasteiger partial charge in [0.15, 0.2) is 5.50 Å². The van der Waals surface area contributed by atoms with E-state index in [4.69, 9.17) is 16.3 Å². The van der Waals surface area contributed by atoms with E-state index in [0.29, 0.717) is 6.10 Å². The Balaban J connectivity index is 2.60. The van der Waals surface area contributed by atoms with Crippen LogP contribution in [0.2, 0.25) is 0 Å². The predicted molar refractivity (Wildman–Crippen MR) is 51.3 cm³/mol. The lowest BCUT2D eigenvalue weighted by molar-refractivity contribution is -0.935. The second kappa shape index (κ2) is 3.95. The van der Waals surface area contributed by atoms with E-state index in [9.17, 15) is 0 Å². The molecule has 3 heteroatoms. The molecule has 1 aliphatic heterocycles. The largest absolute Gasteiger partial charge is 0.365 e. The number of ether oxygens (including phenoxy) is 1. The van der Waals surface area contributed by atoms with E-state index in [1.54, 1.807) is 0 Å². The molecule has 12 heavy (non-hydrogen) atoms. The first-order valence-electron chi connectivity index (χ1n) is 4.81. The summed E-state index contributed by atoms with van der Waals surface area (Å²) in [6.07, 6.45) is 0.312. The van der Waals surface area contributed by atoms with Crippen molar-refractivity contribution in [3.05, 3.63) is 0 Å². The minimum Gasteiger partial charge on any atom is -0.365 e. The predicted octanol–water partition coefficient (Wildman–Crippen LogP) is 1.83. The highest BCUT2D eigenvalue weighted by Gasteiger charge is 2.44. The van der Waals surface area contributed by atoms with Crippen LogP contribution in [0.4, 0.5) is 0 Å². The van der Waals surface area contributed by atoms with Crippen molar-refractivity contribution in [1.29, 1.82) is 0 Å². The fourth-order valence-corrected chi connectivity index (χ4v) is 2.32. The van der Waals surface area contributed by atoms with E-state index < -0.39 is 0 Å². The molecule has 72 valence electrons. The van der Waals surface area contributed by atoms with Gasteiger partial charge in [-0.25, -0.2) is 0 Å². The van der Waals surface area contributed by atoms with Crippen LogP contribution in [-0.2, 0) is 4.74 Å². The molecule has 0 aliphatic carbocycles. The van der Waals surface area contributed by atoms with Gasteiger partial charge in [-0.2, -0.15) is 0 Å². The van der Waals surface area contributed by atoms with E-state index in [1.165, 1.54) is 0 Å². The number of nitrogens with zero attached hydrogens (tertiary/aromatic N) is 1. The molecule has 2 atom stereocenters. The third kappa shape index (κ3) is 1.76. The lowest BCUT2D eigenvalue weighted by Crippen LogP contribution is -2.54. The lowest BCUT2D eigenvalue weighted by Gasteiger charge is -2.39. The van der Waals surface area contributed by atoms with Crippen LogP contribution in [0.25, 0.3) is 0 Å². The molecule has 1 heterocycles. The molecule has 0 saturated carbocycles. The Morgan fingerprint density at radius 3 is 2.00 bits per heavy atom. The van der Waals surface area contributed by atoms with Crippen LogP contribution in [0, 0.1) is 0 Å². The van der Waals surface area contributed by atoms with E-state index >= 15 is 0 Å². The monoisotopic (exact) mass is 192 g/mol. The zero-order chi connectivity index (χ0) is 9.19. The average Bonchev–Trinajstić information content (AvgIpc) is 2.91. The van der Waals surface area contributed by atoms with Gasteiger partial charge in [-0.05, 0) is 20.8 Å². The van der Waals surface area contributed by atoms with Crippen molar-refractivity contribution >= 4 is 11.6 Å². The number of rotatable bonds is 5. The topological polar surface area (TPSA) is 12.5 Å². The molecule has 1 fully saturated rings. The maximum Gasteiger partial charge on any atom is 0.193 e. The lowest BCUT2D eigenvalue weighted by atomic mass is 10.3. The highest BCUT2D eigenvalue weighted by atomic mass is 35.5. The highest BCUT2D eigenvalue weighted by molar-refractivity contribution is 6.20. The van der Waals surface area contributed by atoms with E-state index in [2.05, 4.69) is 20.8 Å². The SMILES string of the molecule is CC[N+](CC)(CC)C(Cl)C1CO1. The summed E-state index contributed by atoms with van der Waals surface area (Å²) in [5.41, 5.74) is 0.157.